The Bertz CT molecular complexity index is 894. The van der Waals surface area contributed by atoms with Gasteiger partial charge >= 0.3 is 0 Å². The Morgan fingerprint density at radius 2 is 1.91 bits per heavy atom. The van der Waals surface area contributed by atoms with Crippen molar-refractivity contribution in [2.75, 3.05) is 5.43 Å². The van der Waals surface area contributed by atoms with Gasteiger partial charge < -0.3 is 0 Å². The Balaban J connectivity index is 1.93. The van der Waals surface area contributed by atoms with Crippen LogP contribution in [0.25, 0.3) is 20.8 Å². The first-order valence-corrected chi connectivity index (χ1v) is 7.22. The van der Waals surface area contributed by atoms with E-state index in [9.17, 15) is 0 Å². The number of hydrogen-bond donors (Lipinski definition) is 1. The molecule has 1 heterocycles. The molecule has 0 amide bonds. The van der Waals surface area contributed by atoms with Crippen LogP contribution in [-0.2, 0) is 0 Å². The van der Waals surface area contributed by atoms with Crippen molar-refractivity contribution in [1.82, 2.24) is 4.98 Å². The van der Waals surface area contributed by atoms with Crippen LogP contribution in [0.5, 0.6) is 0 Å². The molecule has 2 aromatic carbocycles. The minimum atomic E-state index is -0.217. The normalized spacial score (nSPS) is 9.73. The topological polar surface area (TPSA) is 84.9 Å². The van der Waals surface area contributed by atoms with E-state index in [0.29, 0.717) is 5.69 Å². The molecule has 104 valence electrons. The second-order valence-corrected chi connectivity index (χ2v) is 5.39. The predicted octanol–water partition coefficient (Wildman–Crippen LogP) is 3.78. The third-order valence-electron chi connectivity index (χ3n) is 2.91. The summed E-state index contributed by atoms with van der Waals surface area (Å²) in [5.74, 6) is 0. The number of rotatable bonds is 3. The minimum Gasteiger partial charge on any atom is -0.276 e. The number of thiazole rings is 1. The molecule has 0 aliphatic carbocycles. The Kier molecular flexibility index (Phi) is 3.78. The number of benzene rings is 2. The quantitative estimate of drug-likeness (QED) is 0.589. The van der Waals surface area contributed by atoms with Gasteiger partial charge in [0.2, 0.25) is 5.71 Å². The summed E-state index contributed by atoms with van der Waals surface area (Å²) in [6.07, 6.45) is 0. The van der Waals surface area contributed by atoms with Crippen molar-refractivity contribution in [2.24, 2.45) is 5.10 Å². The van der Waals surface area contributed by atoms with Crippen LogP contribution in [0.15, 0.2) is 53.6 Å². The molecule has 0 saturated carbocycles. The summed E-state index contributed by atoms with van der Waals surface area (Å²) in [7, 11) is 0. The molecule has 0 unspecified atom stereocenters. The maximum absolute atomic E-state index is 8.67. The first-order valence-electron chi connectivity index (χ1n) is 6.40. The smallest absolute Gasteiger partial charge is 0.237 e. The van der Waals surface area contributed by atoms with E-state index in [1.807, 2.05) is 48.5 Å². The van der Waals surface area contributed by atoms with Gasteiger partial charge in [-0.25, -0.2) is 4.98 Å². The Hall–Kier alpha value is -3.22. The van der Waals surface area contributed by atoms with Crippen LogP contribution in [-0.4, -0.2) is 10.7 Å². The number of para-hydroxylation sites is 1. The molecule has 1 aromatic heterocycles. The van der Waals surface area contributed by atoms with E-state index < -0.39 is 0 Å². The van der Waals surface area contributed by atoms with E-state index in [-0.39, 0.29) is 5.71 Å². The summed E-state index contributed by atoms with van der Waals surface area (Å²) in [5, 5.41) is 22.0. The molecule has 0 saturated heterocycles. The number of anilines is 1. The Morgan fingerprint density at radius 3 is 2.68 bits per heavy atom. The zero-order chi connectivity index (χ0) is 15.4. The number of hydrogen-bond acceptors (Lipinski definition) is 6. The van der Waals surface area contributed by atoms with Crippen LogP contribution >= 0.6 is 11.3 Å². The first-order chi connectivity index (χ1) is 10.8. The van der Waals surface area contributed by atoms with Crippen molar-refractivity contribution in [1.29, 1.82) is 10.5 Å². The van der Waals surface area contributed by atoms with Crippen LogP contribution in [0.3, 0.4) is 0 Å². The van der Waals surface area contributed by atoms with Gasteiger partial charge in [-0.2, -0.15) is 15.6 Å². The molecule has 3 rings (SSSR count). The van der Waals surface area contributed by atoms with Gasteiger partial charge in [-0.05, 0) is 24.3 Å². The van der Waals surface area contributed by atoms with Gasteiger partial charge in [-0.1, -0.05) is 24.3 Å². The fraction of sp³-hybridized carbons (Fsp3) is 0. The second kappa shape index (κ2) is 6.04. The van der Waals surface area contributed by atoms with Crippen LogP contribution in [0, 0.1) is 22.7 Å². The summed E-state index contributed by atoms with van der Waals surface area (Å²) in [6, 6.07) is 18.9. The van der Waals surface area contributed by atoms with E-state index >= 15 is 0 Å². The fourth-order valence-corrected chi connectivity index (χ4v) is 2.87. The summed E-state index contributed by atoms with van der Waals surface area (Å²) in [4.78, 5) is 4.60. The van der Waals surface area contributed by atoms with E-state index in [0.717, 1.165) is 20.8 Å². The van der Waals surface area contributed by atoms with Crippen molar-refractivity contribution in [2.45, 2.75) is 0 Å². The largest absolute Gasteiger partial charge is 0.276 e. The predicted molar refractivity (Wildman–Crippen MR) is 87.3 cm³/mol. The third-order valence-corrected chi connectivity index (χ3v) is 4.00. The maximum Gasteiger partial charge on any atom is 0.237 e. The minimum absolute atomic E-state index is 0.217. The number of nitriles is 2. The molecule has 0 aliphatic rings. The maximum atomic E-state index is 8.67. The second-order valence-electron chi connectivity index (χ2n) is 4.36. The molecule has 5 nitrogen and oxygen atoms in total. The van der Waals surface area contributed by atoms with E-state index in [1.165, 1.54) is 0 Å². The fourth-order valence-electron chi connectivity index (χ4n) is 1.91. The number of nitrogens with zero attached hydrogens (tertiary/aromatic N) is 4. The van der Waals surface area contributed by atoms with Gasteiger partial charge in [-0.3, -0.25) is 5.43 Å². The van der Waals surface area contributed by atoms with Gasteiger partial charge in [0, 0.05) is 5.56 Å². The highest BCUT2D eigenvalue weighted by molar-refractivity contribution is 7.21. The van der Waals surface area contributed by atoms with Crippen molar-refractivity contribution < 1.29 is 0 Å². The zero-order valence-corrected chi connectivity index (χ0v) is 12.1. The first kappa shape index (κ1) is 13.7. The van der Waals surface area contributed by atoms with Gasteiger partial charge in [-0.15, -0.1) is 11.3 Å². The van der Waals surface area contributed by atoms with E-state index in [1.54, 1.807) is 23.5 Å². The lowest BCUT2D eigenvalue weighted by Crippen LogP contribution is -1.96. The molecule has 3 aromatic rings. The Morgan fingerprint density at radius 1 is 1.09 bits per heavy atom. The summed E-state index contributed by atoms with van der Waals surface area (Å²) >= 11 is 1.61. The van der Waals surface area contributed by atoms with Crippen LogP contribution in [0.2, 0.25) is 0 Å². The van der Waals surface area contributed by atoms with Crippen molar-refractivity contribution in [3.8, 4) is 22.7 Å². The third kappa shape index (κ3) is 2.78. The van der Waals surface area contributed by atoms with Gasteiger partial charge in [0.25, 0.3) is 0 Å². The summed E-state index contributed by atoms with van der Waals surface area (Å²) in [5.41, 5.74) is 5.11. The molecule has 22 heavy (non-hydrogen) atoms. The highest BCUT2D eigenvalue weighted by Crippen LogP contribution is 2.31. The lowest BCUT2D eigenvalue weighted by Gasteiger charge is -2.02. The molecule has 0 spiro atoms. The highest BCUT2D eigenvalue weighted by atomic mass is 32.1. The summed E-state index contributed by atoms with van der Waals surface area (Å²) < 4.78 is 1.13. The number of nitrogens with one attached hydrogen (secondary N) is 1. The van der Waals surface area contributed by atoms with Crippen LogP contribution < -0.4 is 5.43 Å². The van der Waals surface area contributed by atoms with E-state index in [2.05, 4.69) is 15.5 Å². The average Bonchev–Trinajstić information content (AvgIpc) is 3.00. The van der Waals surface area contributed by atoms with Gasteiger partial charge in [0.15, 0.2) is 0 Å². The molecule has 0 bridgehead atoms. The van der Waals surface area contributed by atoms with Crippen LogP contribution in [0.4, 0.5) is 5.69 Å². The van der Waals surface area contributed by atoms with Gasteiger partial charge in [0.1, 0.15) is 17.1 Å². The molecular weight excluding hydrogens is 294 g/mol. The molecule has 6 heteroatoms. The molecular formula is C16H9N5S. The van der Waals surface area contributed by atoms with E-state index in [4.69, 9.17) is 10.5 Å². The molecule has 0 atom stereocenters. The molecule has 1 N–H and O–H groups in total. The SMILES string of the molecule is N#CC(C#N)=NNc1cccc(-c2nc3ccccc3s2)c1. The number of aromatic nitrogens is 1. The standard InChI is InChI=1S/C16H9N5S/c17-9-13(10-18)21-20-12-5-3-4-11(8-12)16-19-14-6-1-2-7-15(14)22-16/h1-8,20H. The molecule has 0 aliphatic heterocycles. The average molecular weight is 303 g/mol. The summed E-state index contributed by atoms with van der Waals surface area (Å²) in [6.45, 7) is 0. The highest BCUT2D eigenvalue weighted by Gasteiger charge is 2.06. The van der Waals surface area contributed by atoms with Gasteiger partial charge in [0.05, 0.1) is 15.9 Å². The van der Waals surface area contributed by atoms with Crippen molar-refractivity contribution in [3.05, 3.63) is 48.5 Å². The number of fused-ring (bicyclic) bond motifs is 1. The molecule has 0 fully saturated rings. The number of hydrazone groups is 1. The van der Waals surface area contributed by atoms with Crippen molar-refractivity contribution in [3.63, 3.8) is 0 Å². The van der Waals surface area contributed by atoms with Crippen molar-refractivity contribution >= 4 is 33.0 Å². The molecule has 0 radical (unpaired) electrons. The lowest BCUT2D eigenvalue weighted by atomic mass is 10.2. The lowest BCUT2D eigenvalue weighted by molar-refractivity contribution is 1.34. The van der Waals surface area contributed by atoms with Crippen LogP contribution in [0.1, 0.15) is 0 Å². The monoisotopic (exact) mass is 303 g/mol. The zero-order valence-electron chi connectivity index (χ0n) is 11.3. The Labute approximate surface area is 130 Å².